The summed E-state index contributed by atoms with van der Waals surface area (Å²) in [5.41, 5.74) is 1.08. The molecule has 1 aliphatic heterocycles. The molecule has 1 unspecified atom stereocenters. The van der Waals surface area contributed by atoms with Crippen molar-refractivity contribution in [2.45, 2.75) is 13.0 Å². The Morgan fingerprint density at radius 2 is 2.29 bits per heavy atom. The van der Waals surface area contributed by atoms with Gasteiger partial charge >= 0.3 is 0 Å². The first-order valence-electron chi connectivity index (χ1n) is 4.29. The van der Waals surface area contributed by atoms with Crippen molar-refractivity contribution in [3.63, 3.8) is 0 Å². The molecule has 1 saturated heterocycles. The van der Waals surface area contributed by atoms with Crippen LogP contribution in [0.4, 0.5) is 0 Å². The topological polar surface area (TPSA) is 58.2 Å². The SMILES string of the molecule is Cc1ccsc1C1NCC(=O)NC1=O. The van der Waals surface area contributed by atoms with Gasteiger partial charge in [-0.1, -0.05) is 0 Å². The molecule has 1 aromatic rings. The van der Waals surface area contributed by atoms with Gasteiger partial charge in [0, 0.05) is 4.88 Å². The summed E-state index contributed by atoms with van der Waals surface area (Å²) in [5.74, 6) is -0.521. The highest BCUT2D eigenvalue weighted by Gasteiger charge is 2.28. The monoisotopic (exact) mass is 210 g/mol. The Balaban J connectivity index is 2.24. The van der Waals surface area contributed by atoms with Gasteiger partial charge in [0.25, 0.3) is 0 Å². The number of carbonyl (C=O) groups excluding carboxylic acids is 2. The normalized spacial score (nSPS) is 22.2. The van der Waals surface area contributed by atoms with Crippen LogP contribution in [-0.2, 0) is 9.59 Å². The maximum Gasteiger partial charge on any atom is 0.249 e. The molecule has 74 valence electrons. The van der Waals surface area contributed by atoms with Gasteiger partial charge in [-0.15, -0.1) is 11.3 Å². The van der Waals surface area contributed by atoms with Gasteiger partial charge in [-0.3, -0.25) is 20.2 Å². The highest BCUT2D eigenvalue weighted by molar-refractivity contribution is 7.10. The summed E-state index contributed by atoms with van der Waals surface area (Å²) in [6.45, 7) is 2.16. The summed E-state index contributed by atoms with van der Waals surface area (Å²) < 4.78 is 0. The predicted molar refractivity (Wildman–Crippen MR) is 52.9 cm³/mol. The van der Waals surface area contributed by atoms with E-state index in [9.17, 15) is 9.59 Å². The molecule has 1 atom stereocenters. The van der Waals surface area contributed by atoms with E-state index >= 15 is 0 Å². The van der Waals surface area contributed by atoms with Crippen molar-refractivity contribution >= 4 is 23.2 Å². The highest BCUT2D eigenvalue weighted by Crippen LogP contribution is 2.24. The highest BCUT2D eigenvalue weighted by atomic mass is 32.1. The van der Waals surface area contributed by atoms with E-state index in [0.717, 1.165) is 10.4 Å². The fourth-order valence-electron chi connectivity index (χ4n) is 1.43. The first kappa shape index (κ1) is 9.36. The Labute approximate surface area is 85.3 Å². The molecular weight excluding hydrogens is 200 g/mol. The van der Waals surface area contributed by atoms with Crippen LogP contribution in [-0.4, -0.2) is 18.4 Å². The average Bonchev–Trinajstić information content (AvgIpc) is 2.52. The molecule has 0 spiro atoms. The van der Waals surface area contributed by atoms with Crippen LogP contribution in [0, 0.1) is 6.92 Å². The molecule has 1 aliphatic rings. The van der Waals surface area contributed by atoms with Crippen molar-refractivity contribution < 1.29 is 9.59 Å². The molecule has 14 heavy (non-hydrogen) atoms. The second kappa shape index (κ2) is 3.51. The zero-order valence-electron chi connectivity index (χ0n) is 7.66. The van der Waals surface area contributed by atoms with Crippen molar-refractivity contribution in [3.05, 3.63) is 21.9 Å². The van der Waals surface area contributed by atoms with E-state index < -0.39 is 0 Å². The molecule has 2 N–H and O–H groups in total. The molecule has 2 amide bonds. The van der Waals surface area contributed by atoms with E-state index in [1.54, 1.807) is 0 Å². The van der Waals surface area contributed by atoms with E-state index in [1.165, 1.54) is 11.3 Å². The number of piperazine rings is 1. The van der Waals surface area contributed by atoms with Crippen molar-refractivity contribution in [2.75, 3.05) is 6.54 Å². The van der Waals surface area contributed by atoms with Gasteiger partial charge in [-0.05, 0) is 23.9 Å². The van der Waals surface area contributed by atoms with Gasteiger partial charge in [-0.2, -0.15) is 0 Å². The number of aryl methyl sites for hydroxylation is 1. The number of rotatable bonds is 1. The standard InChI is InChI=1S/C9H10N2O2S/c1-5-2-3-14-8(5)7-9(13)11-6(12)4-10-7/h2-3,7,10H,4H2,1H3,(H,11,12,13). The fraction of sp³-hybridized carbons (Fsp3) is 0.333. The Morgan fingerprint density at radius 3 is 2.86 bits per heavy atom. The maximum absolute atomic E-state index is 11.5. The number of nitrogens with one attached hydrogen (secondary N) is 2. The van der Waals surface area contributed by atoms with Crippen molar-refractivity contribution in [3.8, 4) is 0 Å². The van der Waals surface area contributed by atoms with E-state index in [1.807, 2.05) is 18.4 Å². The Bertz CT molecular complexity index is 386. The van der Waals surface area contributed by atoms with Crippen LogP contribution in [0.25, 0.3) is 0 Å². The van der Waals surface area contributed by atoms with Gasteiger partial charge < -0.3 is 0 Å². The third-order valence-corrected chi connectivity index (χ3v) is 3.24. The van der Waals surface area contributed by atoms with E-state index in [-0.39, 0.29) is 24.4 Å². The smallest absolute Gasteiger partial charge is 0.249 e. The van der Waals surface area contributed by atoms with Crippen molar-refractivity contribution in [1.29, 1.82) is 0 Å². The minimum Gasteiger partial charge on any atom is -0.294 e. The molecule has 5 heteroatoms. The number of hydrogen-bond acceptors (Lipinski definition) is 4. The number of thiophene rings is 1. The molecule has 0 aliphatic carbocycles. The number of carbonyl (C=O) groups is 2. The lowest BCUT2D eigenvalue weighted by atomic mass is 10.1. The van der Waals surface area contributed by atoms with E-state index in [2.05, 4.69) is 10.6 Å². The predicted octanol–water partition coefficient (Wildman–Crippen LogP) is 0.344. The molecule has 1 fully saturated rings. The lowest BCUT2D eigenvalue weighted by molar-refractivity contribution is -0.134. The quantitative estimate of drug-likeness (QED) is 0.657. The Hall–Kier alpha value is -1.20. The second-order valence-corrected chi connectivity index (χ2v) is 4.14. The first-order chi connectivity index (χ1) is 6.68. The van der Waals surface area contributed by atoms with Gasteiger partial charge in [-0.25, -0.2) is 0 Å². The first-order valence-corrected chi connectivity index (χ1v) is 5.17. The summed E-state index contributed by atoms with van der Waals surface area (Å²) in [6.07, 6.45) is 0. The van der Waals surface area contributed by atoms with Crippen LogP contribution in [0.2, 0.25) is 0 Å². The summed E-state index contributed by atoms with van der Waals surface area (Å²) in [5, 5.41) is 7.16. The van der Waals surface area contributed by atoms with Crippen LogP contribution in [0.15, 0.2) is 11.4 Å². The summed E-state index contributed by atoms with van der Waals surface area (Å²) in [4.78, 5) is 23.3. The van der Waals surface area contributed by atoms with Crippen LogP contribution < -0.4 is 10.6 Å². The van der Waals surface area contributed by atoms with Crippen LogP contribution in [0.1, 0.15) is 16.5 Å². The minimum absolute atomic E-state index is 0.202. The Kier molecular flexibility index (Phi) is 2.35. The molecule has 2 rings (SSSR count). The molecule has 0 bridgehead atoms. The fourth-order valence-corrected chi connectivity index (χ4v) is 2.43. The zero-order valence-corrected chi connectivity index (χ0v) is 8.48. The molecule has 0 radical (unpaired) electrons. The van der Waals surface area contributed by atoms with Crippen molar-refractivity contribution in [1.82, 2.24) is 10.6 Å². The van der Waals surface area contributed by atoms with Crippen molar-refractivity contribution in [2.24, 2.45) is 0 Å². The molecule has 4 nitrogen and oxygen atoms in total. The maximum atomic E-state index is 11.5. The second-order valence-electron chi connectivity index (χ2n) is 3.19. The lowest BCUT2D eigenvalue weighted by Gasteiger charge is -2.21. The van der Waals surface area contributed by atoms with Crippen LogP contribution in [0.3, 0.4) is 0 Å². The van der Waals surface area contributed by atoms with E-state index in [4.69, 9.17) is 0 Å². The largest absolute Gasteiger partial charge is 0.294 e. The molecule has 1 aromatic heterocycles. The summed E-state index contributed by atoms with van der Waals surface area (Å²) >= 11 is 1.53. The Morgan fingerprint density at radius 1 is 1.50 bits per heavy atom. The zero-order chi connectivity index (χ0) is 10.1. The van der Waals surface area contributed by atoms with E-state index in [0.29, 0.717) is 0 Å². The van der Waals surface area contributed by atoms with Crippen LogP contribution >= 0.6 is 11.3 Å². The van der Waals surface area contributed by atoms with Gasteiger partial charge in [0.1, 0.15) is 6.04 Å². The average molecular weight is 210 g/mol. The molecule has 0 saturated carbocycles. The lowest BCUT2D eigenvalue weighted by Crippen LogP contribution is -2.50. The third-order valence-electron chi connectivity index (χ3n) is 2.16. The summed E-state index contributed by atoms with van der Waals surface area (Å²) in [7, 11) is 0. The molecule has 0 aromatic carbocycles. The molecule has 2 heterocycles. The molecular formula is C9H10N2O2S. The number of imide groups is 1. The minimum atomic E-state index is -0.368. The van der Waals surface area contributed by atoms with Gasteiger partial charge in [0.2, 0.25) is 11.8 Å². The third kappa shape index (κ3) is 1.56. The van der Waals surface area contributed by atoms with Crippen LogP contribution in [0.5, 0.6) is 0 Å². The van der Waals surface area contributed by atoms with Gasteiger partial charge in [0.15, 0.2) is 0 Å². The summed E-state index contributed by atoms with van der Waals surface area (Å²) in [6, 6.07) is 1.60. The number of amides is 2. The van der Waals surface area contributed by atoms with Gasteiger partial charge in [0.05, 0.1) is 6.54 Å². The number of hydrogen-bond donors (Lipinski definition) is 2.